The van der Waals surface area contributed by atoms with E-state index >= 15 is 0 Å². The maximum atomic E-state index is 11.0. The van der Waals surface area contributed by atoms with E-state index in [1.54, 1.807) is 12.1 Å². The molecule has 2 aromatic rings. The van der Waals surface area contributed by atoms with Crippen molar-refractivity contribution in [3.8, 4) is 0 Å². The van der Waals surface area contributed by atoms with Gasteiger partial charge < -0.3 is 5.21 Å². The quantitative estimate of drug-likeness (QED) is 0.410. The standard InChI is InChI=1S/C8H5N3O4/c12-10(13)4-3-6-1-2-7-8(5-6)11(14)15-9-7/h1-5H/b4-3-. The minimum absolute atomic E-state index is 0.237. The van der Waals surface area contributed by atoms with Crippen LogP contribution in [0.4, 0.5) is 0 Å². The third-order valence-electron chi connectivity index (χ3n) is 1.80. The second-order valence-electron chi connectivity index (χ2n) is 2.78. The van der Waals surface area contributed by atoms with E-state index in [0.29, 0.717) is 11.1 Å². The highest BCUT2D eigenvalue weighted by atomic mass is 16.8. The summed E-state index contributed by atoms with van der Waals surface area (Å²) in [7, 11) is 0. The first-order valence-electron chi connectivity index (χ1n) is 3.98. The molecule has 0 saturated carbocycles. The average Bonchev–Trinajstić information content (AvgIpc) is 2.57. The topological polar surface area (TPSA) is 96.1 Å². The van der Waals surface area contributed by atoms with Crippen LogP contribution < -0.4 is 4.90 Å². The van der Waals surface area contributed by atoms with Gasteiger partial charge in [0.05, 0.1) is 4.92 Å². The van der Waals surface area contributed by atoms with Gasteiger partial charge in [-0.2, -0.15) is 0 Å². The SMILES string of the molecule is O=[N+]([O-])/C=C\c1ccc2no[n+]([O-])c2c1. The van der Waals surface area contributed by atoms with Crippen LogP contribution in [0.5, 0.6) is 0 Å². The zero-order valence-corrected chi connectivity index (χ0v) is 7.36. The Morgan fingerprint density at radius 1 is 1.53 bits per heavy atom. The smallest absolute Gasteiger partial charge is 0.248 e. The van der Waals surface area contributed by atoms with Crippen molar-refractivity contribution in [2.45, 2.75) is 0 Å². The number of fused-ring (bicyclic) bond motifs is 1. The molecule has 76 valence electrons. The van der Waals surface area contributed by atoms with Gasteiger partial charge in [0, 0.05) is 17.3 Å². The first kappa shape index (κ1) is 9.13. The van der Waals surface area contributed by atoms with Gasteiger partial charge in [-0.05, 0) is 22.6 Å². The van der Waals surface area contributed by atoms with Crippen molar-refractivity contribution >= 4 is 17.1 Å². The Bertz CT molecular complexity index is 546. The normalized spacial score (nSPS) is 11.2. The zero-order valence-electron chi connectivity index (χ0n) is 7.36. The summed E-state index contributed by atoms with van der Waals surface area (Å²) in [6.45, 7) is 0. The van der Waals surface area contributed by atoms with E-state index in [4.69, 9.17) is 0 Å². The molecule has 0 spiro atoms. The van der Waals surface area contributed by atoms with Crippen LogP contribution in [0.25, 0.3) is 17.1 Å². The Balaban J connectivity index is 2.46. The Labute approximate surface area is 82.9 Å². The molecular weight excluding hydrogens is 202 g/mol. The van der Waals surface area contributed by atoms with E-state index in [1.807, 2.05) is 0 Å². The third-order valence-corrected chi connectivity index (χ3v) is 1.80. The number of nitrogens with zero attached hydrogens (tertiary/aromatic N) is 3. The maximum absolute atomic E-state index is 11.0. The first-order chi connectivity index (χ1) is 7.16. The van der Waals surface area contributed by atoms with Gasteiger partial charge in [-0.15, -0.1) is 0 Å². The van der Waals surface area contributed by atoms with Crippen LogP contribution in [0.1, 0.15) is 5.56 Å². The lowest BCUT2D eigenvalue weighted by Gasteiger charge is -1.89. The highest BCUT2D eigenvalue weighted by Crippen LogP contribution is 2.11. The van der Waals surface area contributed by atoms with Crippen molar-refractivity contribution in [2.24, 2.45) is 0 Å². The molecule has 0 aliphatic heterocycles. The predicted molar refractivity (Wildman–Crippen MR) is 49.0 cm³/mol. The summed E-state index contributed by atoms with van der Waals surface area (Å²) >= 11 is 0. The molecule has 0 aliphatic rings. The second-order valence-corrected chi connectivity index (χ2v) is 2.78. The Morgan fingerprint density at radius 2 is 2.33 bits per heavy atom. The van der Waals surface area contributed by atoms with Crippen LogP contribution in [-0.4, -0.2) is 10.1 Å². The van der Waals surface area contributed by atoms with E-state index in [-0.39, 0.29) is 10.4 Å². The molecule has 7 heteroatoms. The average molecular weight is 207 g/mol. The van der Waals surface area contributed by atoms with E-state index in [2.05, 4.69) is 9.79 Å². The fourth-order valence-electron chi connectivity index (χ4n) is 1.14. The third kappa shape index (κ3) is 1.75. The van der Waals surface area contributed by atoms with Crippen molar-refractivity contribution in [3.63, 3.8) is 0 Å². The summed E-state index contributed by atoms with van der Waals surface area (Å²) in [5, 5.41) is 24.5. The molecule has 0 aliphatic carbocycles. The molecule has 15 heavy (non-hydrogen) atoms. The molecule has 0 N–H and O–H groups in total. The summed E-state index contributed by atoms with van der Waals surface area (Å²) in [5.41, 5.74) is 1.18. The van der Waals surface area contributed by atoms with Gasteiger partial charge in [0.2, 0.25) is 17.2 Å². The molecule has 0 saturated heterocycles. The highest BCUT2D eigenvalue weighted by molar-refractivity contribution is 5.73. The van der Waals surface area contributed by atoms with E-state index in [0.717, 1.165) is 6.20 Å². The van der Waals surface area contributed by atoms with Crippen molar-refractivity contribution in [3.05, 3.63) is 45.3 Å². The molecule has 0 fully saturated rings. The Hall–Kier alpha value is -2.44. The van der Waals surface area contributed by atoms with Gasteiger partial charge in [0.25, 0.3) is 0 Å². The summed E-state index contributed by atoms with van der Waals surface area (Å²) in [6, 6.07) is 4.61. The number of benzene rings is 1. The van der Waals surface area contributed by atoms with Crippen molar-refractivity contribution < 1.29 is 14.5 Å². The Kier molecular flexibility index (Phi) is 2.05. The number of hydrogen-bond donors (Lipinski definition) is 0. The summed E-state index contributed by atoms with van der Waals surface area (Å²) in [6.07, 6.45) is 2.08. The zero-order chi connectivity index (χ0) is 10.8. The van der Waals surface area contributed by atoms with E-state index in [1.165, 1.54) is 12.1 Å². The molecule has 0 radical (unpaired) electrons. The van der Waals surface area contributed by atoms with Crippen LogP contribution in [0, 0.1) is 15.3 Å². The van der Waals surface area contributed by atoms with E-state index < -0.39 is 4.92 Å². The van der Waals surface area contributed by atoms with Gasteiger partial charge in [0.15, 0.2) is 0 Å². The number of hydrogen-bond acceptors (Lipinski definition) is 5. The van der Waals surface area contributed by atoms with Gasteiger partial charge in [-0.1, -0.05) is 0 Å². The van der Waals surface area contributed by atoms with Crippen molar-refractivity contribution in [1.29, 1.82) is 0 Å². The summed E-state index contributed by atoms with van der Waals surface area (Å²) in [4.78, 5) is 9.74. The molecule has 1 aromatic heterocycles. The molecule has 0 bridgehead atoms. The molecule has 7 nitrogen and oxygen atoms in total. The van der Waals surface area contributed by atoms with Crippen molar-refractivity contribution in [2.75, 3.05) is 0 Å². The van der Waals surface area contributed by atoms with Gasteiger partial charge in [-0.25, -0.2) is 0 Å². The fraction of sp³-hybridized carbons (Fsp3) is 0. The maximum Gasteiger partial charge on any atom is 0.248 e. The van der Waals surface area contributed by atoms with Gasteiger partial charge >= 0.3 is 0 Å². The number of nitro groups is 1. The van der Waals surface area contributed by atoms with Gasteiger partial charge in [0.1, 0.15) is 0 Å². The fourth-order valence-corrected chi connectivity index (χ4v) is 1.14. The molecule has 0 unspecified atom stereocenters. The molecule has 0 atom stereocenters. The molecule has 2 rings (SSSR count). The lowest BCUT2D eigenvalue weighted by atomic mass is 10.2. The predicted octanol–water partition coefficient (Wildman–Crippen LogP) is 0.709. The first-order valence-corrected chi connectivity index (χ1v) is 3.98. The van der Waals surface area contributed by atoms with Crippen LogP contribution in [0.15, 0.2) is 29.0 Å². The molecular formula is C8H5N3O4. The largest absolute Gasteiger partial charge is 0.359 e. The number of rotatable bonds is 2. The van der Waals surface area contributed by atoms with Crippen LogP contribution in [0.2, 0.25) is 0 Å². The Morgan fingerprint density at radius 3 is 3.07 bits per heavy atom. The summed E-state index contributed by atoms with van der Waals surface area (Å²) < 4.78 is 4.35. The van der Waals surface area contributed by atoms with Crippen LogP contribution >= 0.6 is 0 Å². The number of aromatic nitrogens is 2. The van der Waals surface area contributed by atoms with E-state index in [9.17, 15) is 15.3 Å². The highest BCUT2D eigenvalue weighted by Gasteiger charge is 2.08. The lowest BCUT2D eigenvalue weighted by Crippen LogP contribution is -2.22. The van der Waals surface area contributed by atoms with Crippen LogP contribution in [0.3, 0.4) is 0 Å². The second kappa shape index (κ2) is 3.37. The monoisotopic (exact) mass is 207 g/mol. The lowest BCUT2D eigenvalue weighted by molar-refractivity contribution is -0.782. The van der Waals surface area contributed by atoms with Crippen LogP contribution in [-0.2, 0) is 0 Å². The minimum Gasteiger partial charge on any atom is -0.359 e. The molecule has 1 aromatic carbocycles. The van der Waals surface area contributed by atoms with Gasteiger partial charge in [-0.3, -0.25) is 14.7 Å². The van der Waals surface area contributed by atoms with Crippen molar-refractivity contribution in [1.82, 2.24) is 5.16 Å². The summed E-state index contributed by atoms with van der Waals surface area (Å²) in [5.74, 6) is 0. The molecule has 0 amide bonds. The molecule has 1 heterocycles. The minimum atomic E-state index is -0.580.